The first-order valence-electron chi connectivity index (χ1n) is 8.42. The number of halogens is 3. The van der Waals surface area contributed by atoms with Crippen LogP contribution in [-0.4, -0.2) is 21.9 Å². The van der Waals surface area contributed by atoms with Gasteiger partial charge in [-0.25, -0.2) is 9.66 Å². The highest BCUT2D eigenvalue weighted by molar-refractivity contribution is 5.86. The Morgan fingerprint density at radius 1 is 1.14 bits per heavy atom. The zero-order chi connectivity index (χ0) is 20.3. The highest BCUT2D eigenvalue weighted by atomic mass is 19.4. The van der Waals surface area contributed by atoms with E-state index in [0.29, 0.717) is 28.7 Å². The molecule has 0 atom stereocenters. The van der Waals surface area contributed by atoms with Crippen molar-refractivity contribution >= 4 is 16.8 Å². The third kappa shape index (κ3) is 4.48. The number of fused-ring (bicyclic) bond motifs is 1. The number of amides is 1. The smallest absolute Gasteiger partial charge is 0.406 e. The summed E-state index contributed by atoms with van der Waals surface area (Å²) in [5.74, 6) is -0.482. The van der Waals surface area contributed by atoms with Gasteiger partial charge in [-0.2, -0.15) is 0 Å². The van der Waals surface area contributed by atoms with Gasteiger partial charge in [0.05, 0.1) is 17.3 Å². The van der Waals surface area contributed by atoms with Crippen LogP contribution in [0.3, 0.4) is 0 Å². The van der Waals surface area contributed by atoms with Crippen LogP contribution in [0.15, 0.2) is 53.3 Å². The second kappa shape index (κ2) is 7.71. The Kier molecular flexibility index (Phi) is 5.34. The van der Waals surface area contributed by atoms with E-state index in [1.54, 1.807) is 31.2 Å². The zero-order valence-corrected chi connectivity index (χ0v) is 14.8. The number of hydrogen-bond acceptors (Lipinski definition) is 4. The maximum atomic E-state index is 12.7. The molecule has 6 nitrogen and oxygen atoms in total. The molecule has 1 amide bonds. The van der Waals surface area contributed by atoms with Crippen molar-refractivity contribution in [3.63, 3.8) is 0 Å². The molecule has 1 aromatic heterocycles. The third-order valence-corrected chi connectivity index (χ3v) is 3.92. The second-order valence-electron chi connectivity index (χ2n) is 5.94. The molecule has 3 aromatic rings. The van der Waals surface area contributed by atoms with Crippen molar-refractivity contribution in [3.05, 3.63) is 70.3 Å². The Balaban J connectivity index is 1.78. The van der Waals surface area contributed by atoms with E-state index in [4.69, 9.17) is 0 Å². The molecule has 0 saturated carbocycles. The molecule has 0 bridgehead atoms. The van der Waals surface area contributed by atoms with Crippen molar-refractivity contribution in [1.29, 1.82) is 0 Å². The average molecular weight is 391 g/mol. The maximum Gasteiger partial charge on any atom is 0.573 e. The van der Waals surface area contributed by atoms with Crippen LogP contribution in [0.25, 0.3) is 10.9 Å². The number of carbonyl (C=O) groups excluding carboxylic acids is 1. The van der Waals surface area contributed by atoms with E-state index in [1.807, 2.05) is 0 Å². The molecule has 0 spiro atoms. The average Bonchev–Trinajstić information content (AvgIpc) is 2.64. The van der Waals surface area contributed by atoms with E-state index in [1.165, 1.54) is 12.1 Å². The molecule has 0 aliphatic carbocycles. The molecule has 0 unspecified atom stereocenters. The van der Waals surface area contributed by atoms with Crippen molar-refractivity contribution in [2.75, 3.05) is 5.43 Å². The van der Waals surface area contributed by atoms with Crippen LogP contribution in [0.5, 0.6) is 5.75 Å². The molecule has 1 heterocycles. The van der Waals surface area contributed by atoms with Crippen molar-refractivity contribution in [2.45, 2.75) is 26.1 Å². The SMILES string of the molecule is CCc1nc2ccccc2c(=O)n1NC(=O)Cc1ccc(OC(F)(F)F)cc1. The van der Waals surface area contributed by atoms with Crippen molar-refractivity contribution in [3.8, 4) is 5.75 Å². The zero-order valence-electron chi connectivity index (χ0n) is 14.8. The summed E-state index contributed by atoms with van der Waals surface area (Å²) in [7, 11) is 0. The fourth-order valence-corrected chi connectivity index (χ4v) is 2.69. The van der Waals surface area contributed by atoms with Gasteiger partial charge in [0.25, 0.3) is 5.56 Å². The van der Waals surface area contributed by atoms with E-state index >= 15 is 0 Å². The Bertz CT molecular complexity index is 1060. The second-order valence-corrected chi connectivity index (χ2v) is 5.94. The molecular weight excluding hydrogens is 375 g/mol. The van der Waals surface area contributed by atoms with Gasteiger partial charge < -0.3 is 4.74 Å². The number of nitrogens with zero attached hydrogens (tertiary/aromatic N) is 2. The molecule has 146 valence electrons. The number of aromatic nitrogens is 2. The van der Waals surface area contributed by atoms with Crippen LogP contribution >= 0.6 is 0 Å². The van der Waals surface area contributed by atoms with Crippen molar-refractivity contribution in [2.24, 2.45) is 0 Å². The summed E-state index contributed by atoms with van der Waals surface area (Å²) in [6.45, 7) is 1.80. The minimum Gasteiger partial charge on any atom is -0.406 e. The quantitative estimate of drug-likeness (QED) is 0.725. The fourth-order valence-electron chi connectivity index (χ4n) is 2.69. The van der Waals surface area contributed by atoms with E-state index in [0.717, 1.165) is 16.8 Å². The molecular formula is C19H16F3N3O3. The number of para-hydroxylation sites is 1. The monoisotopic (exact) mass is 391 g/mol. The van der Waals surface area contributed by atoms with E-state index in [9.17, 15) is 22.8 Å². The molecule has 2 aromatic carbocycles. The molecule has 0 fully saturated rings. The first-order valence-corrected chi connectivity index (χ1v) is 8.42. The lowest BCUT2D eigenvalue weighted by Gasteiger charge is -2.13. The number of benzene rings is 2. The number of rotatable bonds is 5. The lowest BCUT2D eigenvalue weighted by molar-refractivity contribution is -0.274. The van der Waals surface area contributed by atoms with Crippen LogP contribution in [0.1, 0.15) is 18.3 Å². The Morgan fingerprint density at radius 3 is 2.46 bits per heavy atom. The number of hydrogen-bond donors (Lipinski definition) is 1. The molecule has 0 radical (unpaired) electrons. The van der Waals surface area contributed by atoms with Crippen LogP contribution in [0.4, 0.5) is 13.2 Å². The van der Waals surface area contributed by atoms with Gasteiger partial charge in [-0.1, -0.05) is 31.2 Å². The van der Waals surface area contributed by atoms with Crippen LogP contribution in [-0.2, 0) is 17.6 Å². The Hall–Kier alpha value is -3.36. The van der Waals surface area contributed by atoms with Crippen molar-refractivity contribution < 1.29 is 22.7 Å². The minimum absolute atomic E-state index is 0.130. The molecule has 1 N–H and O–H groups in total. The van der Waals surface area contributed by atoms with E-state index in [-0.39, 0.29) is 12.2 Å². The minimum atomic E-state index is -4.78. The molecule has 0 aliphatic rings. The summed E-state index contributed by atoms with van der Waals surface area (Å²) in [6, 6.07) is 11.7. The van der Waals surface area contributed by atoms with Gasteiger partial charge in [0, 0.05) is 6.42 Å². The summed E-state index contributed by atoms with van der Waals surface area (Å²) >= 11 is 0. The Labute approximate surface area is 157 Å². The summed E-state index contributed by atoms with van der Waals surface area (Å²) < 4.78 is 41.5. The molecule has 0 saturated heterocycles. The normalized spacial score (nSPS) is 11.4. The van der Waals surface area contributed by atoms with Gasteiger partial charge in [0.1, 0.15) is 11.6 Å². The third-order valence-electron chi connectivity index (χ3n) is 3.92. The van der Waals surface area contributed by atoms with Crippen LogP contribution in [0.2, 0.25) is 0 Å². The van der Waals surface area contributed by atoms with Gasteiger partial charge in [0.2, 0.25) is 5.91 Å². The van der Waals surface area contributed by atoms with Crippen LogP contribution in [0, 0.1) is 0 Å². The number of aryl methyl sites for hydroxylation is 1. The summed E-state index contributed by atoms with van der Waals surface area (Å²) in [6.07, 6.45) is -4.49. The standard InChI is InChI=1S/C19H16F3N3O3/c1-2-16-23-15-6-4-3-5-14(15)18(27)25(16)24-17(26)11-12-7-9-13(10-8-12)28-19(20,21)22/h3-10H,2,11H2,1H3,(H,24,26). The number of alkyl halides is 3. The number of nitrogens with one attached hydrogen (secondary N) is 1. The number of ether oxygens (including phenoxy) is 1. The van der Waals surface area contributed by atoms with Crippen molar-refractivity contribution in [1.82, 2.24) is 9.66 Å². The maximum absolute atomic E-state index is 12.7. The lowest BCUT2D eigenvalue weighted by Crippen LogP contribution is -2.37. The predicted octanol–water partition coefficient (Wildman–Crippen LogP) is 3.17. The molecule has 28 heavy (non-hydrogen) atoms. The summed E-state index contributed by atoms with van der Waals surface area (Å²) in [5, 5.41) is 0.369. The first kappa shape index (κ1) is 19.4. The largest absolute Gasteiger partial charge is 0.573 e. The topological polar surface area (TPSA) is 73.2 Å². The fraction of sp³-hybridized carbons (Fsp3) is 0.211. The molecule has 3 rings (SSSR count). The van der Waals surface area contributed by atoms with Gasteiger partial charge in [-0.3, -0.25) is 15.0 Å². The van der Waals surface area contributed by atoms with Crippen LogP contribution < -0.4 is 15.7 Å². The molecule has 0 aliphatic heterocycles. The summed E-state index contributed by atoms with van der Waals surface area (Å²) in [5.41, 5.74) is 3.12. The van der Waals surface area contributed by atoms with Gasteiger partial charge in [-0.15, -0.1) is 13.2 Å². The van der Waals surface area contributed by atoms with E-state index < -0.39 is 17.8 Å². The highest BCUT2D eigenvalue weighted by Crippen LogP contribution is 2.22. The number of carbonyl (C=O) groups is 1. The van der Waals surface area contributed by atoms with Gasteiger partial charge >= 0.3 is 6.36 Å². The predicted molar refractivity (Wildman–Crippen MR) is 96.6 cm³/mol. The Morgan fingerprint density at radius 2 is 1.82 bits per heavy atom. The molecule has 9 heteroatoms. The van der Waals surface area contributed by atoms with Gasteiger partial charge in [-0.05, 0) is 29.8 Å². The lowest BCUT2D eigenvalue weighted by atomic mass is 10.1. The van der Waals surface area contributed by atoms with Gasteiger partial charge in [0.15, 0.2) is 0 Å². The summed E-state index contributed by atoms with van der Waals surface area (Å²) in [4.78, 5) is 29.4. The highest BCUT2D eigenvalue weighted by Gasteiger charge is 2.30. The van der Waals surface area contributed by atoms with E-state index in [2.05, 4.69) is 15.1 Å². The first-order chi connectivity index (χ1) is 13.3.